The lowest BCUT2D eigenvalue weighted by Crippen LogP contribution is -2.24. The Hall–Kier alpha value is -1.22. The predicted octanol–water partition coefficient (Wildman–Crippen LogP) is 1.53. The van der Waals surface area contributed by atoms with Gasteiger partial charge in [-0.2, -0.15) is 0 Å². The Bertz CT molecular complexity index is 321. The molecule has 1 aliphatic rings. The molecule has 2 rings (SSSR count). The van der Waals surface area contributed by atoms with Crippen LogP contribution in [-0.2, 0) is 0 Å². The third kappa shape index (κ3) is 2.17. The maximum atomic E-state index is 5.94. The monoisotopic (exact) mass is 192 g/mol. The molecule has 0 unspecified atom stereocenters. The molecule has 4 N–H and O–H groups in total. The van der Waals surface area contributed by atoms with Crippen LogP contribution in [0.4, 0.5) is 5.69 Å². The number of para-hydroxylation sites is 2. The van der Waals surface area contributed by atoms with Crippen LogP contribution >= 0.6 is 0 Å². The summed E-state index contributed by atoms with van der Waals surface area (Å²) < 4.78 is 5.55. The molecule has 0 heterocycles. The summed E-state index contributed by atoms with van der Waals surface area (Å²) in [5, 5.41) is 0. The van der Waals surface area contributed by atoms with Gasteiger partial charge in [-0.05, 0) is 31.4 Å². The fraction of sp³-hybridized carbons (Fsp3) is 0.455. The van der Waals surface area contributed by atoms with Gasteiger partial charge in [0.15, 0.2) is 0 Å². The minimum atomic E-state index is 0.0591. The Kier molecular flexibility index (Phi) is 2.33. The summed E-state index contributed by atoms with van der Waals surface area (Å²) in [6.45, 7) is 0.657. The molecule has 1 saturated carbocycles. The van der Waals surface area contributed by atoms with Crippen molar-refractivity contribution < 1.29 is 4.74 Å². The summed E-state index contributed by atoms with van der Waals surface area (Å²) in [6.07, 6.45) is 3.17. The highest BCUT2D eigenvalue weighted by atomic mass is 16.5. The molecular formula is C11H16N2O. The van der Waals surface area contributed by atoms with Crippen LogP contribution in [0.25, 0.3) is 0 Å². The highest BCUT2D eigenvalue weighted by Crippen LogP contribution is 2.35. The van der Waals surface area contributed by atoms with Crippen molar-refractivity contribution in [2.75, 3.05) is 12.3 Å². The molecule has 3 nitrogen and oxygen atoms in total. The van der Waals surface area contributed by atoms with Crippen LogP contribution in [-0.4, -0.2) is 12.1 Å². The standard InChI is InChI=1S/C11H16N2O/c12-9-3-1-2-4-10(9)14-8-7-11(13)5-6-11/h1-4H,5-8,12-13H2. The van der Waals surface area contributed by atoms with Gasteiger partial charge in [0.2, 0.25) is 0 Å². The van der Waals surface area contributed by atoms with Crippen molar-refractivity contribution >= 4 is 5.69 Å². The molecule has 0 aromatic heterocycles. The number of rotatable bonds is 4. The third-order valence-corrected chi connectivity index (χ3v) is 2.67. The van der Waals surface area contributed by atoms with E-state index < -0.39 is 0 Å². The minimum absolute atomic E-state index is 0.0591. The first-order valence-corrected chi connectivity index (χ1v) is 4.96. The number of nitrogens with two attached hydrogens (primary N) is 2. The molecule has 3 heteroatoms. The molecule has 1 aromatic carbocycles. The maximum Gasteiger partial charge on any atom is 0.142 e. The van der Waals surface area contributed by atoms with Gasteiger partial charge in [-0.15, -0.1) is 0 Å². The van der Waals surface area contributed by atoms with Crippen molar-refractivity contribution in [1.29, 1.82) is 0 Å². The van der Waals surface area contributed by atoms with E-state index in [0.29, 0.717) is 12.3 Å². The van der Waals surface area contributed by atoms with E-state index in [1.54, 1.807) is 0 Å². The van der Waals surface area contributed by atoms with Crippen molar-refractivity contribution in [3.63, 3.8) is 0 Å². The summed E-state index contributed by atoms with van der Waals surface area (Å²) in [7, 11) is 0. The van der Waals surface area contributed by atoms with E-state index in [1.807, 2.05) is 24.3 Å². The van der Waals surface area contributed by atoms with Crippen LogP contribution in [0.1, 0.15) is 19.3 Å². The SMILES string of the molecule is Nc1ccccc1OCCC1(N)CC1. The Morgan fingerprint density at radius 3 is 2.64 bits per heavy atom. The quantitative estimate of drug-likeness (QED) is 0.711. The predicted molar refractivity (Wildman–Crippen MR) is 57.1 cm³/mol. The Balaban J connectivity index is 1.83. The summed E-state index contributed by atoms with van der Waals surface area (Å²) in [5.41, 5.74) is 12.4. The van der Waals surface area contributed by atoms with Gasteiger partial charge in [0.05, 0.1) is 12.3 Å². The highest BCUT2D eigenvalue weighted by molar-refractivity contribution is 5.51. The Morgan fingerprint density at radius 1 is 1.29 bits per heavy atom. The summed E-state index contributed by atoms with van der Waals surface area (Å²) >= 11 is 0. The number of hydrogen-bond donors (Lipinski definition) is 2. The van der Waals surface area contributed by atoms with Gasteiger partial charge in [0, 0.05) is 5.54 Å². The van der Waals surface area contributed by atoms with Crippen molar-refractivity contribution in [3.8, 4) is 5.75 Å². The topological polar surface area (TPSA) is 61.3 Å². The van der Waals surface area contributed by atoms with E-state index in [9.17, 15) is 0 Å². The number of benzene rings is 1. The first kappa shape index (κ1) is 9.34. The van der Waals surface area contributed by atoms with Gasteiger partial charge in [-0.1, -0.05) is 12.1 Å². The first-order chi connectivity index (χ1) is 6.70. The lowest BCUT2D eigenvalue weighted by molar-refractivity contribution is 0.295. The van der Waals surface area contributed by atoms with Crippen molar-refractivity contribution in [2.45, 2.75) is 24.8 Å². The number of nitrogen functional groups attached to an aromatic ring is 1. The zero-order valence-electron chi connectivity index (χ0n) is 8.20. The molecule has 76 valence electrons. The van der Waals surface area contributed by atoms with Crippen molar-refractivity contribution in [1.82, 2.24) is 0 Å². The molecule has 1 fully saturated rings. The molecule has 0 amide bonds. The van der Waals surface area contributed by atoms with Gasteiger partial charge < -0.3 is 16.2 Å². The molecule has 0 aliphatic heterocycles. The van der Waals surface area contributed by atoms with Crippen LogP contribution < -0.4 is 16.2 Å². The smallest absolute Gasteiger partial charge is 0.142 e. The largest absolute Gasteiger partial charge is 0.491 e. The minimum Gasteiger partial charge on any atom is -0.491 e. The number of hydrogen-bond acceptors (Lipinski definition) is 3. The summed E-state index contributed by atoms with van der Waals surface area (Å²) in [4.78, 5) is 0. The fourth-order valence-electron chi connectivity index (χ4n) is 1.39. The molecule has 14 heavy (non-hydrogen) atoms. The molecule has 1 aliphatic carbocycles. The van der Waals surface area contributed by atoms with E-state index in [4.69, 9.17) is 16.2 Å². The molecular weight excluding hydrogens is 176 g/mol. The van der Waals surface area contributed by atoms with E-state index in [-0.39, 0.29) is 5.54 Å². The van der Waals surface area contributed by atoms with Crippen LogP contribution in [0.15, 0.2) is 24.3 Å². The van der Waals surface area contributed by atoms with Crippen molar-refractivity contribution in [3.05, 3.63) is 24.3 Å². The Morgan fingerprint density at radius 2 is 2.00 bits per heavy atom. The van der Waals surface area contributed by atoms with E-state index in [2.05, 4.69) is 0 Å². The molecule has 0 spiro atoms. The first-order valence-electron chi connectivity index (χ1n) is 4.96. The fourth-order valence-corrected chi connectivity index (χ4v) is 1.39. The van der Waals surface area contributed by atoms with Gasteiger partial charge in [-0.3, -0.25) is 0 Å². The van der Waals surface area contributed by atoms with E-state index >= 15 is 0 Å². The highest BCUT2D eigenvalue weighted by Gasteiger charge is 2.37. The van der Waals surface area contributed by atoms with Gasteiger partial charge in [-0.25, -0.2) is 0 Å². The van der Waals surface area contributed by atoms with Gasteiger partial charge in [0.25, 0.3) is 0 Å². The van der Waals surface area contributed by atoms with Gasteiger partial charge >= 0.3 is 0 Å². The summed E-state index contributed by atoms with van der Waals surface area (Å²) in [5.74, 6) is 0.761. The molecule has 0 saturated heterocycles. The second-order valence-electron chi connectivity index (χ2n) is 4.00. The van der Waals surface area contributed by atoms with Crippen LogP contribution in [0.3, 0.4) is 0 Å². The molecule has 0 bridgehead atoms. The Labute approximate surface area is 84.0 Å². The normalized spacial score (nSPS) is 17.8. The second-order valence-corrected chi connectivity index (χ2v) is 4.00. The molecule has 0 atom stereocenters. The van der Waals surface area contributed by atoms with E-state index in [1.165, 1.54) is 0 Å². The summed E-state index contributed by atoms with van der Waals surface area (Å²) in [6, 6.07) is 7.53. The maximum absolute atomic E-state index is 5.94. The van der Waals surface area contributed by atoms with Crippen molar-refractivity contribution in [2.24, 2.45) is 5.73 Å². The van der Waals surface area contributed by atoms with Crippen LogP contribution in [0.2, 0.25) is 0 Å². The average Bonchev–Trinajstić information content (AvgIpc) is 2.88. The lowest BCUT2D eigenvalue weighted by atomic mass is 10.2. The van der Waals surface area contributed by atoms with Crippen LogP contribution in [0.5, 0.6) is 5.75 Å². The van der Waals surface area contributed by atoms with E-state index in [0.717, 1.165) is 25.0 Å². The average molecular weight is 192 g/mol. The lowest BCUT2D eigenvalue weighted by Gasteiger charge is -2.11. The molecule has 1 aromatic rings. The second kappa shape index (κ2) is 3.50. The number of anilines is 1. The van der Waals surface area contributed by atoms with Gasteiger partial charge in [0.1, 0.15) is 5.75 Å². The zero-order chi connectivity index (χ0) is 10.0. The number of ether oxygens (including phenoxy) is 1. The zero-order valence-corrected chi connectivity index (χ0v) is 8.20. The third-order valence-electron chi connectivity index (χ3n) is 2.67. The molecule has 0 radical (unpaired) electrons. The van der Waals surface area contributed by atoms with Crippen LogP contribution in [0, 0.1) is 0 Å².